The van der Waals surface area contributed by atoms with Gasteiger partial charge in [-0.2, -0.15) is 0 Å². The first-order chi connectivity index (χ1) is 30.7. The molecule has 3 heteroatoms. The molecule has 0 N–H and O–H groups in total. The molecule has 0 unspecified atom stereocenters. The lowest BCUT2D eigenvalue weighted by Gasteiger charge is -2.39. The van der Waals surface area contributed by atoms with Gasteiger partial charge in [0.05, 0.1) is 16.8 Å². The molecule has 0 saturated heterocycles. The van der Waals surface area contributed by atoms with Gasteiger partial charge in [0, 0.05) is 27.8 Å². The summed E-state index contributed by atoms with van der Waals surface area (Å²) in [4.78, 5) is 10.4. The smallest absolute Gasteiger partial charge is 0.160 e. The Morgan fingerprint density at radius 3 is 1.21 bits per heavy atom. The number of nitrogens with zero attached hydrogens (tertiary/aromatic N) is 2. The van der Waals surface area contributed by atoms with Gasteiger partial charge in [0.1, 0.15) is 11.5 Å². The Labute approximate surface area is 361 Å². The fourth-order valence-corrected chi connectivity index (χ4v) is 9.65. The van der Waals surface area contributed by atoms with Crippen LogP contribution in [0.15, 0.2) is 231 Å². The predicted octanol–water partition coefficient (Wildman–Crippen LogP) is 14.9. The van der Waals surface area contributed by atoms with Crippen LogP contribution in [-0.4, -0.2) is 9.97 Å². The largest absolute Gasteiger partial charge is 0.457 e. The quantitative estimate of drug-likeness (QED) is 0.168. The van der Waals surface area contributed by atoms with Gasteiger partial charge in [0.25, 0.3) is 0 Å². The first kappa shape index (κ1) is 35.8. The van der Waals surface area contributed by atoms with E-state index < -0.39 is 5.41 Å². The molecule has 0 saturated carbocycles. The van der Waals surface area contributed by atoms with E-state index in [9.17, 15) is 0 Å². The highest BCUT2D eigenvalue weighted by molar-refractivity contribution is 5.89. The normalized spacial score (nSPS) is 12.8. The number of rotatable bonds is 6. The lowest BCUT2D eigenvalue weighted by Crippen LogP contribution is -2.32. The number of para-hydroxylation sites is 1. The molecule has 10 aromatic rings. The molecule has 0 amide bonds. The molecular formula is C59H38N2O. The van der Waals surface area contributed by atoms with Crippen LogP contribution in [0.2, 0.25) is 0 Å². The average molecular weight is 791 g/mol. The lowest BCUT2D eigenvalue weighted by molar-refractivity contribution is 0.436. The van der Waals surface area contributed by atoms with Gasteiger partial charge < -0.3 is 4.74 Å². The third kappa shape index (κ3) is 5.82. The molecule has 1 aromatic heterocycles. The second-order valence-electron chi connectivity index (χ2n) is 16.1. The van der Waals surface area contributed by atoms with Crippen molar-refractivity contribution in [3.8, 4) is 89.9 Å². The number of aromatic nitrogens is 2. The summed E-state index contributed by atoms with van der Waals surface area (Å²) in [6.07, 6.45) is 0. The molecule has 9 aromatic carbocycles. The summed E-state index contributed by atoms with van der Waals surface area (Å²) in [6.45, 7) is 0. The van der Waals surface area contributed by atoms with Gasteiger partial charge in [-0.25, -0.2) is 9.97 Å². The molecule has 0 bridgehead atoms. The minimum Gasteiger partial charge on any atom is -0.457 e. The van der Waals surface area contributed by atoms with E-state index >= 15 is 0 Å². The molecule has 0 atom stereocenters. The van der Waals surface area contributed by atoms with Crippen molar-refractivity contribution in [3.05, 3.63) is 253 Å². The molecule has 2 aliphatic rings. The monoisotopic (exact) mass is 790 g/mol. The van der Waals surface area contributed by atoms with Crippen LogP contribution in [0.3, 0.4) is 0 Å². The Morgan fingerprint density at radius 2 is 0.661 bits per heavy atom. The topological polar surface area (TPSA) is 35.0 Å². The van der Waals surface area contributed by atoms with E-state index in [0.29, 0.717) is 5.82 Å². The molecular weight excluding hydrogens is 753 g/mol. The third-order valence-electron chi connectivity index (χ3n) is 12.6. The van der Waals surface area contributed by atoms with E-state index in [-0.39, 0.29) is 0 Å². The first-order valence-electron chi connectivity index (χ1n) is 21.1. The molecule has 1 aliphatic carbocycles. The van der Waals surface area contributed by atoms with Crippen LogP contribution in [-0.2, 0) is 5.41 Å². The van der Waals surface area contributed by atoms with Gasteiger partial charge >= 0.3 is 0 Å². The summed E-state index contributed by atoms with van der Waals surface area (Å²) in [6, 6.07) is 81.9. The first-order valence-corrected chi connectivity index (χ1v) is 21.1. The highest BCUT2D eigenvalue weighted by Crippen LogP contribution is 2.62. The highest BCUT2D eigenvalue weighted by atomic mass is 16.5. The fraction of sp³-hybridized carbons (Fsp3) is 0.0169. The minimum atomic E-state index is -0.483. The molecule has 2 heterocycles. The Bertz CT molecular complexity index is 3140. The van der Waals surface area contributed by atoms with E-state index in [0.717, 1.165) is 56.3 Å². The van der Waals surface area contributed by atoms with Crippen molar-refractivity contribution < 1.29 is 4.74 Å². The van der Waals surface area contributed by atoms with Crippen LogP contribution in [0.4, 0.5) is 0 Å². The maximum absolute atomic E-state index is 6.80. The average Bonchev–Trinajstić information content (AvgIpc) is 3.65. The molecule has 12 rings (SSSR count). The van der Waals surface area contributed by atoms with E-state index in [1.165, 1.54) is 50.1 Å². The minimum absolute atomic E-state index is 0.483. The molecule has 1 spiro atoms. The van der Waals surface area contributed by atoms with E-state index in [1.54, 1.807) is 0 Å². The van der Waals surface area contributed by atoms with Crippen LogP contribution >= 0.6 is 0 Å². The van der Waals surface area contributed by atoms with E-state index in [4.69, 9.17) is 14.7 Å². The SMILES string of the molecule is c1ccc(-c2ccc(-c3cc(-c4ccc(-c5ccccc5)cc4)nc(-c4ccc(-c5ccc6c(c5)Oc5ccccc5C65c6ccccc6-c6ccccc65)cc4)n3)cc2)cc1. The van der Waals surface area contributed by atoms with Gasteiger partial charge in [-0.15, -0.1) is 0 Å². The van der Waals surface area contributed by atoms with Crippen molar-refractivity contribution in [1.82, 2.24) is 9.97 Å². The number of fused-ring (bicyclic) bond motifs is 9. The molecule has 62 heavy (non-hydrogen) atoms. The lowest BCUT2D eigenvalue weighted by atomic mass is 9.66. The Kier molecular flexibility index (Phi) is 8.39. The van der Waals surface area contributed by atoms with Crippen LogP contribution in [0.5, 0.6) is 11.5 Å². The van der Waals surface area contributed by atoms with Gasteiger partial charge in [-0.05, 0) is 73.8 Å². The van der Waals surface area contributed by atoms with Crippen LogP contribution in [0.25, 0.3) is 78.4 Å². The second kappa shape index (κ2) is 14.5. The summed E-state index contributed by atoms with van der Waals surface area (Å²) >= 11 is 0. The molecule has 290 valence electrons. The zero-order valence-electron chi connectivity index (χ0n) is 33.7. The molecule has 1 aliphatic heterocycles. The molecule has 3 nitrogen and oxygen atoms in total. The van der Waals surface area contributed by atoms with Crippen molar-refractivity contribution in [2.75, 3.05) is 0 Å². The van der Waals surface area contributed by atoms with Gasteiger partial charge in [0.2, 0.25) is 0 Å². The maximum atomic E-state index is 6.80. The predicted molar refractivity (Wildman–Crippen MR) is 252 cm³/mol. The Morgan fingerprint density at radius 1 is 0.274 bits per heavy atom. The highest BCUT2D eigenvalue weighted by Gasteiger charge is 2.50. The third-order valence-corrected chi connectivity index (χ3v) is 12.6. The van der Waals surface area contributed by atoms with Crippen molar-refractivity contribution in [2.24, 2.45) is 0 Å². The van der Waals surface area contributed by atoms with Crippen LogP contribution in [0.1, 0.15) is 22.3 Å². The van der Waals surface area contributed by atoms with Crippen molar-refractivity contribution in [3.63, 3.8) is 0 Å². The number of hydrogen-bond donors (Lipinski definition) is 0. The summed E-state index contributed by atoms with van der Waals surface area (Å²) in [5.74, 6) is 2.43. The van der Waals surface area contributed by atoms with E-state index in [2.05, 4.69) is 218 Å². The number of benzene rings is 9. The van der Waals surface area contributed by atoms with Crippen molar-refractivity contribution in [2.45, 2.75) is 5.41 Å². The molecule has 0 radical (unpaired) electrons. The second-order valence-corrected chi connectivity index (χ2v) is 16.1. The number of ether oxygens (including phenoxy) is 1. The Balaban J connectivity index is 0.928. The fourth-order valence-electron chi connectivity index (χ4n) is 9.65. The summed E-state index contributed by atoms with van der Waals surface area (Å²) < 4.78 is 6.80. The van der Waals surface area contributed by atoms with Crippen LogP contribution in [0, 0.1) is 0 Å². The maximum Gasteiger partial charge on any atom is 0.160 e. The number of hydrogen-bond acceptors (Lipinski definition) is 3. The van der Waals surface area contributed by atoms with E-state index in [1.807, 2.05) is 12.1 Å². The zero-order chi connectivity index (χ0) is 41.0. The summed E-state index contributed by atoms with van der Waals surface area (Å²) in [5.41, 5.74) is 18.6. The summed E-state index contributed by atoms with van der Waals surface area (Å²) in [5, 5.41) is 0. The van der Waals surface area contributed by atoms with Gasteiger partial charge in [-0.3, -0.25) is 0 Å². The van der Waals surface area contributed by atoms with Gasteiger partial charge in [-0.1, -0.05) is 212 Å². The zero-order valence-corrected chi connectivity index (χ0v) is 33.7. The summed E-state index contributed by atoms with van der Waals surface area (Å²) in [7, 11) is 0. The standard InChI is InChI=1S/C59H38N2O/c1-3-13-39(14-4-1)41-23-29-44(30-24-41)54-38-55(45-31-25-42(26-32-45)40-15-5-2-6-16-40)61-58(60-54)46-33-27-43(28-34-46)47-35-36-53-57(37-47)62-56-22-12-11-21-52(56)59(53)50-19-9-7-17-48(50)49-18-8-10-20-51(49)59/h1-38H. The molecule has 0 fully saturated rings. The van der Waals surface area contributed by atoms with Crippen molar-refractivity contribution >= 4 is 0 Å². The van der Waals surface area contributed by atoms with Crippen molar-refractivity contribution in [1.29, 1.82) is 0 Å². The van der Waals surface area contributed by atoms with Crippen LogP contribution < -0.4 is 4.74 Å². The Hall–Kier alpha value is -8.14. The van der Waals surface area contributed by atoms with Gasteiger partial charge in [0.15, 0.2) is 5.82 Å².